The topological polar surface area (TPSA) is 62.6 Å². The van der Waals surface area contributed by atoms with Crippen LogP contribution in [0.3, 0.4) is 0 Å². The zero-order chi connectivity index (χ0) is 18.3. The molecule has 0 bridgehead atoms. The van der Waals surface area contributed by atoms with Gasteiger partial charge in [0.1, 0.15) is 5.58 Å². The number of nitrogens with zero attached hydrogens (tertiary/aromatic N) is 1. The van der Waals surface area contributed by atoms with Gasteiger partial charge in [-0.2, -0.15) is 0 Å². The first-order chi connectivity index (χ1) is 12.6. The van der Waals surface area contributed by atoms with Crippen molar-refractivity contribution in [2.45, 2.75) is 52.0 Å². The van der Waals surface area contributed by atoms with Crippen LogP contribution in [0.2, 0.25) is 0 Å². The fraction of sp³-hybridized carbons (Fsp3) is 0.524. The maximum atomic E-state index is 13.2. The van der Waals surface area contributed by atoms with Crippen LogP contribution in [-0.2, 0) is 11.2 Å². The van der Waals surface area contributed by atoms with E-state index in [1.165, 1.54) is 10.5 Å². The molecule has 4 rings (SSSR count). The van der Waals surface area contributed by atoms with Crippen molar-refractivity contribution in [3.8, 4) is 0 Å². The van der Waals surface area contributed by atoms with Crippen LogP contribution < -0.4 is 5.32 Å². The van der Waals surface area contributed by atoms with Crippen LogP contribution in [-0.4, -0.2) is 35.8 Å². The lowest BCUT2D eigenvalue weighted by molar-refractivity contribution is -0.133. The molecule has 1 saturated heterocycles. The number of nitrogens with one attached hydrogen (secondary N) is 1. The van der Waals surface area contributed by atoms with Crippen LogP contribution >= 0.6 is 0 Å². The van der Waals surface area contributed by atoms with Crippen LogP contribution in [0.15, 0.2) is 22.6 Å². The van der Waals surface area contributed by atoms with E-state index in [0.717, 1.165) is 49.6 Å². The van der Waals surface area contributed by atoms with Gasteiger partial charge in [0.15, 0.2) is 5.76 Å². The van der Waals surface area contributed by atoms with E-state index in [9.17, 15) is 9.59 Å². The number of aryl methyl sites for hydroxylation is 2. The van der Waals surface area contributed by atoms with Crippen molar-refractivity contribution in [1.82, 2.24) is 10.2 Å². The Balaban J connectivity index is 1.67. The first-order valence-corrected chi connectivity index (χ1v) is 9.70. The molecule has 2 aromatic rings. The van der Waals surface area contributed by atoms with Crippen LogP contribution in [0, 0.1) is 12.8 Å². The zero-order valence-corrected chi connectivity index (χ0v) is 15.5. The molecular formula is C21H26N2O3. The van der Waals surface area contributed by atoms with Gasteiger partial charge >= 0.3 is 0 Å². The van der Waals surface area contributed by atoms with Crippen molar-refractivity contribution in [3.63, 3.8) is 0 Å². The number of fused-ring (bicyclic) bond motifs is 1. The molecule has 0 spiro atoms. The molecular weight excluding hydrogens is 328 g/mol. The third kappa shape index (κ3) is 3.05. The van der Waals surface area contributed by atoms with Gasteiger partial charge in [0.25, 0.3) is 5.91 Å². The highest BCUT2D eigenvalue weighted by Crippen LogP contribution is 2.34. The molecule has 5 heteroatoms. The number of carbonyl (C=O) groups is 2. The second kappa shape index (κ2) is 6.88. The highest BCUT2D eigenvalue weighted by molar-refractivity contribution is 6.07. The molecule has 1 saturated carbocycles. The van der Waals surface area contributed by atoms with Gasteiger partial charge in [0, 0.05) is 23.5 Å². The minimum atomic E-state index is -0.269. The molecule has 1 aromatic heterocycles. The first-order valence-electron chi connectivity index (χ1n) is 9.70. The number of benzene rings is 1. The summed E-state index contributed by atoms with van der Waals surface area (Å²) in [5.74, 6) is -0.101. The highest BCUT2D eigenvalue weighted by atomic mass is 16.3. The maximum absolute atomic E-state index is 13.2. The summed E-state index contributed by atoms with van der Waals surface area (Å²) in [6, 6.07) is 6.07. The van der Waals surface area contributed by atoms with E-state index < -0.39 is 0 Å². The SMILES string of the molecule is CCc1ccc2oc(C(=O)N(C(=O)C3CCCNC3)C3CC3)c(C)c2c1. The van der Waals surface area contributed by atoms with Gasteiger partial charge in [0.05, 0.1) is 5.92 Å². The van der Waals surface area contributed by atoms with Gasteiger partial charge in [-0.15, -0.1) is 0 Å². The lowest BCUT2D eigenvalue weighted by Crippen LogP contribution is -2.46. The van der Waals surface area contributed by atoms with Crippen molar-refractivity contribution in [1.29, 1.82) is 0 Å². The summed E-state index contributed by atoms with van der Waals surface area (Å²) in [5.41, 5.74) is 2.76. The van der Waals surface area contributed by atoms with Crippen molar-refractivity contribution in [3.05, 3.63) is 35.1 Å². The van der Waals surface area contributed by atoms with Crippen molar-refractivity contribution >= 4 is 22.8 Å². The summed E-state index contributed by atoms with van der Waals surface area (Å²) in [7, 11) is 0. The number of hydrogen-bond acceptors (Lipinski definition) is 4. The largest absolute Gasteiger partial charge is 0.451 e. The molecule has 2 aliphatic rings. The van der Waals surface area contributed by atoms with E-state index in [-0.39, 0.29) is 23.8 Å². The van der Waals surface area contributed by atoms with Crippen molar-refractivity contribution < 1.29 is 14.0 Å². The lowest BCUT2D eigenvalue weighted by Gasteiger charge is -2.28. The monoisotopic (exact) mass is 354 g/mol. The fourth-order valence-electron chi connectivity index (χ4n) is 3.84. The zero-order valence-electron chi connectivity index (χ0n) is 15.5. The molecule has 2 heterocycles. The number of furan rings is 1. The summed E-state index contributed by atoms with van der Waals surface area (Å²) < 4.78 is 5.90. The smallest absolute Gasteiger partial charge is 0.296 e. The maximum Gasteiger partial charge on any atom is 0.296 e. The summed E-state index contributed by atoms with van der Waals surface area (Å²) in [6.45, 7) is 5.63. The average molecular weight is 354 g/mol. The Morgan fingerprint density at radius 1 is 1.27 bits per heavy atom. The van der Waals surface area contributed by atoms with E-state index in [4.69, 9.17) is 4.42 Å². The van der Waals surface area contributed by atoms with E-state index in [1.807, 2.05) is 19.1 Å². The summed E-state index contributed by atoms with van der Waals surface area (Å²) in [6.07, 6.45) is 4.56. The number of rotatable bonds is 4. The summed E-state index contributed by atoms with van der Waals surface area (Å²) >= 11 is 0. The Bertz CT molecular complexity index is 844. The number of hydrogen-bond donors (Lipinski definition) is 1. The first kappa shape index (κ1) is 17.3. The molecule has 1 aliphatic carbocycles. The molecule has 138 valence electrons. The van der Waals surface area contributed by atoms with Crippen molar-refractivity contribution in [2.24, 2.45) is 5.92 Å². The van der Waals surface area contributed by atoms with E-state index >= 15 is 0 Å². The predicted molar refractivity (Wildman–Crippen MR) is 100 cm³/mol. The highest BCUT2D eigenvalue weighted by Gasteiger charge is 2.42. The van der Waals surface area contributed by atoms with Crippen molar-refractivity contribution in [2.75, 3.05) is 13.1 Å². The second-order valence-electron chi connectivity index (χ2n) is 7.53. The predicted octanol–water partition coefficient (Wildman–Crippen LogP) is 3.43. The molecule has 0 radical (unpaired) electrons. The Hall–Kier alpha value is -2.14. The lowest BCUT2D eigenvalue weighted by atomic mass is 9.97. The third-order valence-corrected chi connectivity index (χ3v) is 5.62. The molecule has 2 amide bonds. The van der Waals surface area contributed by atoms with Gasteiger partial charge in [-0.3, -0.25) is 14.5 Å². The summed E-state index contributed by atoms with van der Waals surface area (Å²) in [5, 5.41) is 4.24. The normalized spacial score (nSPS) is 20.3. The number of imide groups is 1. The molecule has 1 N–H and O–H groups in total. The molecule has 2 fully saturated rings. The summed E-state index contributed by atoms with van der Waals surface area (Å²) in [4.78, 5) is 27.8. The molecule has 1 aliphatic heterocycles. The Morgan fingerprint density at radius 2 is 2.08 bits per heavy atom. The van der Waals surface area contributed by atoms with E-state index in [0.29, 0.717) is 17.9 Å². The van der Waals surface area contributed by atoms with Crippen LogP contribution in [0.1, 0.15) is 54.3 Å². The van der Waals surface area contributed by atoms with Crippen LogP contribution in [0.4, 0.5) is 0 Å². The van der Waals surface area contributed by atoms with Gasteiger partial charge in [-0.05, 0) is 63.3 Å². The average Bonchev–Trinajstić information content (AvgIpc) is 3.45. The Kier molecular flexibility index (Phi) is 4.57. The Labute approximate surface area is 153 Å². The quantitative estimate of drug-likeness (QED) is 0.855. The number of carbonyl (C=O) groups excluding carboxylic acids is 2. The molecule has 1 atom stereocenters. The molecule has 1 unspecified atom stereocenters. The minimum Gasteiger partial charge on any atom is -0.451 e. The van der Waals surface area contributed by atoms with Gasteiger partial charge in [0.2, 0.25) is 5.91 Å². The molecule has 5 nitrogen and oxygen atoms in total. The van der Waals surface area contributed by atoms with Crippen LogP contribution in [0.5, 0.6) is 0 Å². The van der Waals surface area contributed by atoms with Gasteiger partial charge in [-0.25, -0.2) is 0 Å². The fourth-order valence-corrected chi connectivity index (χ4v) is 3.84. The standard InChI is InChI=1S/C21H26N2O3/c1-3-14-6-9-18-17(11-14)13(2)19(26-18)21(25)23(16-7-8-16)20(24)15-5-4-10-22-12-15/h6,9,11,15-16,22H,3-5,7-8,10,12H2,1-2H3. The third-order valence-electron chi connectivity index (χ3n) is 5.62. The van der Waals surface area contributed by atoms with E-state index in [1.54, 1.807) is 0 Å². The molecule has 26 heavy (non-hydrogen) atoms. The number of amides is 2. The number of piperidine rings is 1. The Morgan fingerprint density at radius 3 is 2.73 bits per heavy atom. The second-order valence-corrected chi connectivity index (χ2v) is 7.53. The minimum absolute atomic E-state index is 0.0377. The van der Waals surface area contributed by atoms with E-state index in [2.05, 4.69) is 18.3 Å². The molecule has 1 aromatic carbocycles. The van der Waals surface area contributed by atoms with Gasteiger partial charge in [-0.1, -0.05) is 13.0 Å². The van der Waals surface area contributed by atoms with Crippen LogP contribution in [0.25, 0.3) is 11.0 Å². The van der Waals surface area contributed by atoms with Gasteiger partial charge < -0.3 is 9.73 Å².